The Morgan fingerprint density at radius 1 is 0.592 bits per heavy atom. The molecule has 0 atom stereocenters. The fourth-order valence-corrected chi connectivity index (χ4v) is 13.8. The van der Waals surface area contributed by atoms with E-state index < -0.39 is 28.3 Å². The first kappa shape index (κ1) is 49.3. The molecule has 0 unspecified atom stereocenters. The average molecular weight is 960 g/mol. The Morgan fingerprint density at radius 3 is 1.70 bits per heavy atom. The second-order valence-electron chi connectivity index (χ2n) is 20.1. The Bertz CT molecular complexity index is 3390. The van der Waals surface area contributed by atoms with Gasteiger partial charge in [-0.15, -0.1) is 0 Å². The summed E-state index contributed by atoms with van der Waals surface area (Å²) in [6, 6.07) is 42.1. The van der Waals surface area contributed by atoms with E-state index in [-0.39, 0.29) is 5.56 Å². The molecule has 9 rings (SSSR count). The lowest BCUT2D eigenvalue weighted by atomic mass is 9.77. The molecule has 2 aliphatic rings. The van der Waals surface area contributed by atoms with Crippen LogP contribution in [0.5, 0.6) is 0 Å². The lowest BCUT2D eigenvalue weighted by Gasteiger charge is -2.38. The third-order valence-electron chi connectivity index (χ3n) is 14.4. The van der Waals surface area contributed by atoms with Gasteiger partial charge in [0.15, 0.2) is 5.71 Å². The number of aromatic carboxylic acids is 1. The maximum Gasteiger partial charge on any atom is 0.488 e. The molecule has 1 aliphatic carbocycles. The van der Waals surface area contributed by atoms with Crippen LogP contribution in [0.2, 0.25) is 13.1 Å². The number of fused-ring (bicyclic) bond motifs is 4. The van der Waals surface area contributed by atoms with Crippen LogP contribution in [0.15, 0.2) is 156 Å². The first-order valence-electron chi connectivity index (χ1n) is 24.0. The molecule has 0 amide bonds. The van der Waals surface area contributed by atoms with E-state index in [9.17, 15) is 30.0 Å². The van der Waals surface area contributed by atoms with Gasteiger partial charge in [0.1, 0.15) is 22.2 Å². The highest BCUT2D eigenvalue weighted by Gasteiger charge is 2.40. The van der Waals surface area contributed by atoms with Crippen molar-refractivity contribution in [3.63, 3.8) is 0 Å². The molecule has 0 bridgehead atoms. The minimum absolute atomic E-state index is 0.198. The van der Waals surface area contributed by atoms with Crippen molar-refractivity contribution in [2.24, 2.45) is 0 Å². The fourth-order valence-electron chi connectivity index (χ4n) is 10.7. The number of carboxylic acid groups (broad SMARTS) is 1. The van der Waals surface area contributed by atoms with Crippen molar-refractivity contribution in [2.45, 2.75) is 39.3 Å². The van der Waals surface area contributed by atoms with Gasteiger partial charge in [-0.1, -0.05) is 104 Å². The number of carbonyl (C=O) groups is 1. The highest BCUT2D eigenvalue weighted by atomic mass is 28.3. The molecule has 0 aromatic heterocycles. The van der Waals surface area contributed by atoms with Crippen molar-refractivity contribution in [1.29, 1.82) is 0 Å². The number of hydrogen-bond donors (Lipinski definition) is 5. The van der Waals surface area contributed by atoms with Crippen molar-refractivity contribution in [1.82, 2.24) is 9.80 Å². The van der Waals surface area contributed by atoms with E-state index in [1.807, 2.05) is 50.5 Å². The highest BCUT2D eigenvalue weighted by Crippen LogP contribution is 2.44. The summed E-state index contributed by atoms with van der Waals surface area (Å²) < 4.78 is 2.14. The van der Waals surface area contributed by atoms with E-state index in [0.717, 1.165) is 88.6 Å². The molecule has 0 saturated heterocycles. The lowest BCUT2D eigenvalue weighted by Crippen LogP contribution is -2.49. The summed E-state index contributed by atoms with van der Waals surface area (Å²) >= 11 is 0. The molecule has 7 aromatic rings. The molecule has 1 aliphatic heterocycles. The number of anilines is 1. The molecule has 10 nitrogen and oxygen atoms in total. The maximum absolute atomic E-state index is 13.3. The minimum atomic E-state index is -2.27. The standard InChI is InChI=1S/C58H60B2N4O6Si/c1-61(2)43-22-25-48-55(31-43)71(7,8)56-32-44(62(3)4)23-26-49(56)57(48)41-27-40(28-42(29-41)58(65)66)37-21-24-47-50(30-37)52(36-64(6)34-39-16-10-14-20-54(39)60(69)70)46-18-12-11-17-45(46)51(47)35-63(5)33-38-15-9-13-19-53(38)59(67)68/h9-32,67-70H,33-36H2,1-8H3/p+1. The number of nitrogens with zero attached hydrogens (tertiary/aromatic N) is 4. The lowest BCUT2D eigenvalue weighted by molar-refractivity contribution is -0.462. The number of rotatable bonds is 14. The van der Waals surface area contributed by atoms with Crippen LogP contribution in [-0.2, 0) is 26.2 Å². The van der Waals surface area contributed by atoms with Gasteiger partial charge in [0.2, 0.25) is 0 Å². The van der Waals surface area contributed by atoms with Crippen molar-refractivity contribution in [2.75, 3.05) is 47.2 Å². The Balaban J connectivity index is 1.25. The predicted molar refractivity (Wildman–Crippen MR) is 295 cm³/mol. The summed E-state index contributed by atoms with van der Waals surface area (Å²) in [7, 11) is 6.85. The molecule has 1 heterocycles. The van der Waals surface area contributed by atoms with Crippen LogP contribution in [0.25, 0.3) is 38.2 Å². The van der Waals surface area contributed by atoms with Crippen molar-refractivity contribution < 1.29 is 34.6 Å². The van der Waals surface area contributed by atoms with Gasteiger partial charge in [-0.05, 0) is 155 Å². The SMILES string of the molecule is CN(Cc1ccccc1B(O)O)Cc1c2ccccc2c(CN(C)Cc2ccccc2B(O)O)c2cc(-c3cc(C(=O)O)cc(C4=C5C=CC(=[N+](C)C)C=C5[Si](C)(C)c5cc(N(C)C)ccc54)c3)ccc12. The summed E-state index contributed by atoms with van der Waals surface area (Å²) in [4.78, 5) is 19.8. The molecule has 7 aromatic carbocycles. The summed E-state index contributed by atoms with van der Waals surface area (Å²) in [6.45, 7) is 6.82. The molecule has 5 N–H and O–H groups in total. The van der Waals surface area contributed by atoms with Gasteiger partial charge in [-0.3, -0.25) is 9.80 Å². The second-order valence-corrected chi connectivity index (χ2v) is 24.4. The summed E-state index contributed by atoms with van der Waals surface area (Å²) in [6.07, 6.45) is 6.71. The Morgan fingerprint density at radius 2 is 1.14 bits per heavy atom. The van der Waals surface area contributed by atoms with Gasteiger partial charge >= 0.3 is 20.2 Å². The molecule has 358 valence electrons. The molecule has 71 heavy (non-hydrogen) atoms. The Labute approximate surface area is 418 Å². The largest absolute Gasteiger partial charge is 0.488 e. The van der Waals surface area contributed by atoms with Gasteiger partial charge in [-0.2, -0.15) is 0 Å². The first-order chi connectivity index (χ1) is 33.9. The molecule has 0 spiro atoms. The maximum atomic E-state index is 13.3. The van der Waals surface area contributed by atoms with Crippen molar-refractivity contribution in [3.8, 4) is 11.1 Å². The van der Waals surface area contributed by atoms with Gasteiger partial charge < -0.3 is 30.1 Å². The zero-order valence-electron chi connectivity index (χ0n) is 41.8. The van der Waals surface area contributed by atoms with Gasteiger partial charge in [0.25, 0.3) is 0 Å². The van der Waals surface area contributed by atoms with E-state index in [2.05, 4.69) is 146 Å². The van der Waals surface area contributed by atoms with E-state index >= 15 is 0 Å². The number of carboxylic acids is 1. The van der Waals surface area contributed by atoms with E-state index in [4.69, 9.17) is 0 Å². The smallest absolute Gasteiger partial charge is 0.478 e. The fraction of sp³-hybridized carbons (Fsp3) is 0.207. The van der Waals surface area contributed by atoms with Crippen LogP contribution < -0.4 is 21.0 Å². The average Bonchev–Trinajstić information content (AvgIpc) is 3.34. The van der Waals surface area contributed by atoms with Crippen LogP contribution in [-0.4, -0.2) is 116 Å². The van der Waals surface area contributed by atoms with Crippen LogP contribution in [0, 0.1) is 0 Å². The topological polar surface area (TPSA) is 131 Å². The van der Waals surface area contributed by atoms with Gasteiger partial charge in [0.05, 0.1) is 5.56 Å². The molecular formula is C58H61B2N4O6Si+. The predicted octanol–water partition coefficient (Wildman–Crippen LogP) is 6.53. The monoisotopic (exact) mass is 959 g/mol. The minimum Gasteiger partial charge on any atom is -0.478 e. The Hall–Kier alpha value is -6.67. The number of benzene rings is 7. The molecule has 0 fully saturated rings. The normalized spacial score (nSPS) is 14.0. The van der Waals surface area contributed by atoms with E-state index in [1.165, 1.54) is 10.4 Å². The summed E-state index contributed by atoms with van der Waals surface area (Å²) in [5.41, 5.74) is 13.0. The van der Waals surface area contributed by atoms with Gasteiger partial charge in [0, 0.05) is 58.1 Å². The molecule has 13 heteroatoms. The molecular weight excluding hydrogens is 898 g/mol. The van der Waals surface area contributed by atoms with E-state index in [0.29, 0.717) is 37.1 Å². The quantitative estimate of drug-likeness (QED) is 0.0470. The number of allylic oxidation sites excluding steroid dienone is 5. The van der Waals surface area contributed by atoms with Crippen LogP contribution in [0.1, 0.15) is 43.7 Å². The van der Waals surface area contributed by atoms with Crippen LogP contribution in [0.3, 0.4) is 0 Å². The van der Waals surface area contributed by atoms with Crippen LogP contribution >= 0.6 is 0 Å². The Kier molecular flexibility index (Phi) is 13.8. The van der Waals surface area contributed by atoms with Gasteiger partial charge in [-0.25, -0.2) is 9.37 Å². The zero-order valence-corrected chi connectivity index (χ0v) is 42.8. The number of hydrogen-bond acceptors (Lipinski definition) is 8. The zero-order chi connectivity index (χ0) is 50.5. The van der Waals surface area contributed by atoms with E-state index in [1.54, 1.807) is 24.3 Å². The third kappa shape index (κ3) is 9.62. The van der Waals surface area contributed by atoms with Crippen LogP contribution in [0.4, 0.5) is 5.69 Å². The first-order valence-corrected chi connectivity index (χ1v) is 27.0. The third-order valence-corrected chi connectivity index (χ3v) is 17.9. The second kappa shape index (κ2) is 19.8. The molecule has 0 radical (unpaired) electrons. The molecule has 0 saturated carbocycles. The highest BCUT2D eigenvalue weighted by molar-refractivity contribution is 6.98. The van der Waals surface area contributed by atoms with Crippen molar-refractivity contribution >= 4 is 82.9 Å². The summed E-state index contributed by atoms with van der Waals surface area (Å²) in [5.74, 6) is -1.01. The summed E-state index contributed by atoms with van der Waals surface area (Å²) in [5, 5.41) is 58.7. The van der Waals surface area contributed by atoms with Crippen molar-refractivity contribution in [3.05, 3.63) is 195 Å².